The van der Waals surface area contributed by atoms with Crippen molar-refractivity contribution in [3.05, 3.63) is 35.1 Å². The molecule has 0 amide bonds. The summed E-state index contributed by atoms with van der Waals surface area (Å²) in [5, 5.41) is 11.7. The minimum atomic E-state index is -0.385. The second-order valence-corrected chi connectivity index (χ2v) is 5.46. The van der Waals surface area contributed by atoms with Crippen LogP contribution in [-0.2, 0) is 6.54 Å². The van der Waals surface area contributed by atoms with Crippen molar-refractivity contribution in [2.45, 2.75) is 19.9 Å². The van der Waals surface area contributed by atoms with Crippen LogP contribution in [0, 0.1) is 17.7 Å². The Morgan fingerprint density at radius 2 is 2.26 bits per heavy atom. The first-order valence-electron chi connectivity index (χ1n) is 6.46. The average molecular weight is 265 g/mol. The van der Waals surface area contributed by atoms with Crippen molar-refractivity contribution in [1.82, 2.24) is 4.90 Å². The van der Waals surface area contributed by atoms with Crippen LogP contribution in [0.2, 0.25) is 0 Å². The van der Waals surface area contributed by atoms with Crippen LogP contribution in [0.25, 0.3) is 0 Å². The fourth-order valence-electron chi connectivity index (χ4n) is 2.39. The molecule has 0 heterocycles. The first kappa shape index (κ1) is 13.8. The maximum atomic E-state index is 13.2. The zero-order valence-corrected chi connectivity index (χ0v) is 11.3. The number of nitrogens with zero attached hydrogens (tertiary/aromatic N) is 2. The Morgan fingerprint density at radius 3 is 2.84 bits per heavy atom. The molecule has 1 aromatic rings. The second-order valence-electron chi connectivity index (χ2n) is 5.46. The summed E-state index contributed by atoms with van der Waals surface area (Å²) in [6, 6.07) is 4.39. The molecule has 0 spiro atoms. The highest BCUT2D eigenvalue weighted by molar-refractivity contribution is 5.98. The molecule has 2 unspecified atom stereocenters. The SMILES string of the molecule is CC1CC1CN(C)Cc1ccc(F)cc1C(N)=NO. The lowest BCUT2D eigenvalue weighted by atomic mass is 10.1. The van der Waals surface area contributed by atoms with Gasteiger partial charge in [-0.3, -0.25) is 0 Å². The Bertz CT molecular complexity index is 490. The lowest BCUT2D eigenvalue weighted by Gasteiger charge is -2.18. The van der Waals surface area contributed by atoms with Crippen LogP contribution in [-0.4, -0.2) is 29.5 Å². The standard InChI is InChI=1S/C14H20FN3O/c1-9-5-11(9)8-18(2)7-10-3-4-12(15)6-13(10)14(16)17-19/h3-4,6,9,11,19H,5,7-8H2,1-2H3,(H2,16,17). The Morgan fingerprint density at radius 1 is 1.58 bits per heavy atom. The van der Waals surface area contributed by atoms with Gasteiger partial charge in [0.1, 0.15) is 5.82 Å². The molecule has 2 rings (SSSR count). The van der Waals surface area contributed by atoms with E-state index in [2.05, 4.69) is 17.0 Å². The smallest absolute Gasteiger partial charge is 0.170 e. The van der Waals surface area contributed by atoms with Crippen molar-refractivity contribution < 1.29 is 9.60 Å². The van der Waals surface area contributed by atoms with E-state index < -0.39 is 0 Å². The molecule has 5 heteroatoms. The van der Waals surface area contributed by atoms with Crippen LogP contribution in [0.1, 0.15) is 24.5 Å². The van der Waals surface area contributed by atoms with Gasteiger partial charge in [-0.05, 0) is 43.0 Å². The van der Waals surface area contributed by atoms with Crippen molar-refractivity contribution in [3.8, 4) is 0 Å². The van der Waals surface area contributed by atoms with E-state index in [0.29, 0.717) is 12.1 Å². The van der Waals surface area contributed by atoms with Gasteiger partial charge < -0.3 is 15.8 Å². The highest BCUT2D eigenvalue weighted by Crippen LogP contribution is 2.38. The van der Waals surface area contributed by atoms with E-state index in [-0.39, 0.29) is 11.7 Å². The van der Waals surface area contributed by atoms with Crippen LogP contribution >= 0.6 is 0 Å². The van der Waals surface area contributed by atoms with E-state index in [1.54, 1.807) is 6.07 Å². The number of rotatable bonds is 5. The molecule has 104 valence electrons. The van der Waals surface area contributed by atoms with E-state index in [9.17, 15) is 4.39 Å². The first-order valence-corrected chi connectivity index (χ1v) is 6.46. The van der Waals surface area contributed by atoms with E-state index in [1.807, 2.05) is 7.05 Å². The van der Waals surface area contributed by atoms with Crippen molar-refractivity contribution in [2.24, 2.45) is 22.7 Å². The molecule has 1 saturated carbocycles. The number of benzene rings is 1. The molecule has 0 radical (unpaired) electrons. The quantitative estimate of drug-likeness (QED) is 0.370. The molecule has 0 aromatic heterocycles. The first-order chi connectivity index (χ1) is 9.01. The third-order valence-corrected chi connectivity index (χ3v) is 3.72. The van der Waals surface area contributed by atoms with Gasteiger partial charge in [-0.1, -0.05) is 18.1 Å². The van der Waals surface area contributed by atoms with Gasteiger partial charge in [0.15, 0.2) is 5.84 Å². The predicted molar refractivity (Wildman–Crippen MR) is 72.5 cm³/mol. The Balaban J connectivity index is 2.10. The molecule has 0 aliphatic heterocycles. The van der Waals surface area contributed by atoms with Crippen molar-refractivity contribution >= 4 is 5.84 Å². The number of amidine groups is 1. The molecule has 0 saturated heterocycles. The third kappa shape index (κ3) is 3.44. The average Bonchev–Trinajstić information content (AvgIpc) is 3.06. The van der Waals surface area contributed by atoms with E-state index in [1.165, 1.54) is 18.6 Å². The van der Waals surface area contributed by atoms with Gasteiger partial charge in [-0.25, -0.2) is 4.39 Å². The van der Waals surface area contributed by atoms with Gasteiger partial charge in [0.05, 0.1) is 0 Å². The van der Waals surface area contributed by atoms with Gasteiger partial charge in [-0.15, -0.1) is 0 Å². The second kappa shape index (κ2) is 5.57. The van der Waals surface area contributed by atoms with Crippen molar-refractivity contribution in [3.63, 3.8) is 0 Å². The molecule has 1 aliphatic rings. The van der Waals surface area contributed by atoms with Gasteiger partial charge in [-0.2, -0.15) is 0 Å². The monoisotopic (exact) mass is 265 g/mol. The van der Waals surface area contributed by atoms with Crippen LogP contribution in [0.3, 0.4) is 0 Å². The number of halogens is 1. The van der Waals surface area contributed by atoms with Crippen LogP contribution < -0.4 is 5.73 Å². The summed E-state index contributed by atoms with van der Waals surface area (Å²) in [5.41, 5.74) is 6.91. The molecule has 2 atom stereocenters. The molecule has 1 fully saturated rings. The minimum Gasteiger partial charge on any atom is -0.409 e. The molecule has 4 nitrogen and oxygen atoms in total. The topological polar surface area (TPSA) is 61.8 Å². The van der Waals surface area contributed by atoms with E-state index in [0.717, 1.165) is 23.9 Å². The Kier molecular flexibility index (Phi) is 4.04. The summed E-state index contributed by atoms with van der Waals surface area (Å²) in [6.07, 6.45) is 1.28. The summed E-state index contributed by atoms with van der Waals surface area (Å²) in [6.45, 7) is 3.93. The zero-order chi connectivity index (χ0) is 14.0. The molecule has 19 heavy (non-hydrogen) atoms. The summed E-state index contributed by atoms with van der Waals surface area (Å²) in [5.74, 6) is 1.13. The highest BCUT2D eigenvalue weighted by Gasteiger charge is 2.33. The fourth-order valence-corrected chi connectivity index (χ4v) is 2.39. The fraction of sp³-hybridized carbons (Fsp3) is 0.500. The number of nitrogens with two attached hydrogens (primary N) is 1. The summed E-state index contributed by atoms with van der Waals surface area (Å²) in [4.78, 5) is 2.19. The maximum absolute atomic E-state index is 13.2. The molecular formula is C14H20FN3O. The highest BCUT2D eigenvalue weighted by atomic mass is 19.1. The lowest BCUT2D eigenvalue weighted by molar-refractivity contribution is 0.306. The largest absolute Gasteiger partial charge is 0.409 e. The van der Waals surface area contributed by atoms with E-state index in [4.69, 9.17) is 10.9 Å². The molecule has 1 aliphatic carbocycles. The summed E-state index contributed by atoms with van der Waals surface area (Å²) >= 11 is 0. The van der Waals surface area contributed by atoms with Crippen LogP contribution in [0.4, 0.5) is 4.39 Å². The van der Waals surface area contributed by atoms with Crippen LogP contribution in [0.5, 0.6) is 0 Å². The Labute approximate surface area is 112 Å². The molecule has 1 aromatic carbocycles. The molecule has 3 N–H and O–H groups in total. The molecule has 0 bridgehead atoms. The van der Waals surface area contributed by atoms with Gasteiger partial charge in [0.2, 0.25) is 0 Å². The normalized spacial score (nSPS) is 22.8. The van der Waals surface area contributed by atoms with Gasteiger partial charge in [0, 0.05) is 18.7 Å². The Hall–Kier alpha value is -1.62. The minimum absolute atomic E-state index is 0.0531. The van der Waals surface area contributed by atoms with E-state index >= 15 is 0 Å². The van der Waals surface area contributed by atoms with Crippen molar-refractivity contribution in [2.75, 3.05) is 13.6 Å². The predicted octanol–water partition coefficient (Wildman–Crippen LogP) is 2.01. The summed E-state index contributed by atoms with van der Waals surface area (Å²) < 4.78 is 13.2. The summed E-state index contributed by atoms with van der Waals surface area (Å²) in [7, 11) is 2.03. The third-order valence-electron chi connectivity index (χ3n) is 3.72. The van der Waals surface area contributed by atoms with Crippen LogP contribution in [0.15, 0.2) is 23.4 Å². The van der Waals surface area contributed by atoms with Crippen molar-refractivity contribution in [1.29, 1.82) is 0 Å². The number of hydrogen-bond acceptors (Lipinski definition) is 3. The van der Waals surface area contributed by atoms with Gasteiger partial charge in [0.25, 0.3) is 0 Å². The number of hydrogen-bond donors (Lipinski definition) is 2. The molecular weight excluding hydrogens is 245 g/mol. The maximum Gasteiger partial charge on any atom is 0.170 e. The number of oxime groups is 1. The zero-order valence-electron chi connectivity index (χ0n) is 11.3. The van der Waals surface area contributed by atoms with Gasteiger partial charge >= 0.3 is 0 Å². The lowest BCUT2D eigenvalue weighted by Crippen LogP contribution is -2.24.